The lowest BCUT2D eigenvalue weighted by Crippen LogP contribution is -2.06. The molecule has 0 aliphatic rings. The Labute approximate surface area is 90.3 Å². The fourth-order valence-electron chi connectivity index (χ4n) is 1.45. The minimum Gasteiger partial charge on any atom is -0.496 e. The Hall–Kier alpha value is -1.33. The predicted octanol–water partition coefficient (Wildman–Crippen LogP) is 1.88. The van der Waals surface area contributed by atoms with E-state index < -0.39 is 0 Å². The van der Waals surface area contributed by atoms with Crippen LogP contribution >= 0.6 is 11.3 Å². The molecule has 0 amide bonds. The minimum atomic E-state index is -0.311. The van der Waals surface area contributed by atoms with Crippen LogP contribution in [0.2, 0.25) is 0 Å². The number of methoxy groups -OCH3 is 1. The number of fused-ring (bicyclic) bond motifs is 1. The van der Waals surface area contributed by atoms with E-state index in [1.54, 1.807) is 19.2 Å². The first-order valence-corrected chi connectivity index (χ1v) is 5.30. The van der Waals surface area contributed by atoms with Crippen LogP contribution in [-0.2, 0) is 0 Å². The molecule has 2 aromatic rings. The van der Waals surface area contributed by atoms with Gasteiger partial charge in [0.15, 0.2) is 0 Å². The Kier molecular flexibility index (Phi) is 2.50. The fraction of sp³-hybridized carbons (Fsp3) is 0.300. The normalized spacial score (nSPS) is 13.0. The zero-order chi connectivity index (χ0) is 11.0. The molecule has 0 saturated carbocycles. The maximum atomic E-state index is 11.0. The average Bonchev–Trinajstić information content (AvgIpc) is 2.54. The molecule has 80 valence electrons. The molecule has 1 atom stereocenters. The summed E-state index contributed by atoms with van der Waals surface area (Å²) >= 11 is 1.06. The number of rotatable bonds is 2. The topological polar surface area (TPSA) is 65.5 Å². The molecule has 0 radical (unpaired) electrons. The number of ether oxygens (including phenoxy) is 1. The molecule has 4 nitrogen and oxygen atoms in total. The first-order valence-electron chi connectivity index (χ1n) is 4.49. The maximum Gasteiger partial charge on any atom is 0.396 e. The van der Waals surface area contributed by atoms with Gasteiger partial charge in [-0.3, -0.25) is 0 Å². The van der Waals surface area contributed by atoms with E-state index in [4.69, 9.17) is 14.9 Å². The Balaban J connectivity index is 2.73. The highest BCUT2D eigenvalue weighted by atomic mass is 32.1. The van der Waals surface area contributed by atoms with Crippen molar-refractivity contribution in [2.24, 2.45) is 5.73 Å². The molecule has 5 heteroatoms. The van der Waals surface area contributed by atoms with E-state index in [2.05, 4.69) is 0 Å². The summed E-state index contributed by atoms with van der Waals surface area (Å²) in [6, 6.07) is 3.38. The molecular formula is C10H11NO3S. The van der Waals surface area contributed by atoms with Crippen LogP contribution in [-0.4, -0.2) is 7.11 Å². The van der Waals surface area contributed by atoms with Gasteiger partial charge in [-0.2, -0.15) is 0 Å². The summed E-state index contributed by atoms with van der Waals surface area (Å²) in [4.78, 5) is 10.7. The van der Waals surface area contributed by atoms with Gasteiger partial charge in [-0.25, -0.2) is 4.79 Å². The van der Waals surface area contributed by atoms with Gasteiger partial charge in [-0.1, -0.05) is 11.3 Å². The highest BCUT2D eigenvalue weighted by molar-refractivity contribution is 7.16. The van der Waals surface area contributed by atoms with E-state index in [-0.39, 0.29) is 11.0 Å². The lowest BCUT2D eigenvalue weighted by Gasteiger charge is -2.10. The van der Waals surface area contributed by atoms with E-state index in [0.29, 0.717) is 11.3 Å². The van der Waals surface area contributed by atoms with E-state index in [9.17, 15) is 4.79 Å². The maximum absolute atomic E-state index is 11.0. The number of hydrogen-bond donors (Lipinski definition) is 1. The van der Waals surface area contributed by atoms with Crippen molar-refractivity contribution >= 4 is 21.6 Å². The third-order valence-corrected chi connectivity index (χ3v) is 2.96. The first-order chi connectivity index (χ1) is 7.11. The van der Waals surface area contributed by atoms with E-state index in [1.807, 2.05) is 6.92 Å². The summed E-state index contributed by atoms with van der Waals surface area (Å²) in [6.07, 6.45) is 0. The van der Waals surface area contributed by atoms with Crippen molar-refractivity contribution in [3.05, 3.63) is 27.4 Å². The number of hydrogen-bond acceptors (Lipinski definition) is 5. The molecule has 1 heterocycles. The van der Waals surface area contributed by atoms with Crippen molar-refractivity contribution in [2.45, 2.75) is 13.0 Å². The average molecular weight is 225 g/mol. The zero-order valence-corrected chi connectivity index (χ0v) is 9.26. The molecular weight excluding hydrogens is 214 g/mol. The van der Waals surface area contributed by atoms with Crippen LogP contribution in [0, 0.1) is 0 Å². The molecule has 15 heavy (non-hydrogen) atoms. The van der Waals surface area contributed by atoms with Crippen LogP contribution in [0.1, 0.15) is 18.5 Å². The Bertz CT molecular complexity index is 541. The molecule has 2 rings (SSSR count). The van der Waals surface area contributed by atoms with Gasteiger partial charge < -0.3 is 14.9 Å². The smallest absolute Gasteiger partial charge is 0.396 e. The van der Waals surface area contributed by atoms with Gasteiger partial charge in [-0.15, -0.1) is 0 Å². The molecule has 0 aliphatic heterocycles. The van der Waals surface area contributed by atoms with Crippen molar-refractivity contribution in [1.29, 1.82) is 0 Å². The van der Waals surface area contributed by atoms with Crippen LogP contribution in [0.5, 0.6) is 5.75 Å². The quantitative estimate of drug-likeness (QED) is 0.847. The van der Waals surface area contributed by atoms with Crippen LogP contribution < -0.4 is 15.4 Å². The summed E-state index contributed by atoms with van der Waals surface area (Å²) in [5, 5.41) is 0. The van der Waals surface area contributed by atoms with E-state index in [1.165, 1.54) is 0 Å². The molecule has 1 unspecified atom stereocenters. The summed E-state index contributed by atoms with van der Waals surface area (Å²) in [5.74, 6) is 0.689. The molecule has 0 bridgehead atoms. The minimum absolute atomic E-state index is 0.158. The largest absolute Gasteiger partial charge is 0.496 e. The summed E-state index contributed by atoms with van der Waals surface area (Å²) < 4.78 is 11.0. The molecule has 2 N–H and O–H groups in total. The first kappa shape index (κ1) is 10.2. The van der Waals surface area contributed by atoms with Crippen LogP contribution in [0.4, 0.5) is 0 Å². The van der Waals surface area contributed by atoms with Gasteiger partial charge in [0.1, 0.15) is 11.3 Å². The monoisotopic (exact) mass is 225 g/mol. The second kappa shape index (κ2) is 3.67. The predicted molar refractivity (Wildman–Crippen MR) is 59.5 cm³/mol. The Morgan fingerprint density at radius 1 is 1.53 bits per heavy atom. The standard InChI is InChI=1S/C10H11NO3S/c1-5(11)6-3-8-9(4-7(6)13-2)15-10(12)14-8/h3-5H,11H2,1-2H3. The summed E-state index contributed by atoms with van der Waals surface area (Å²) in [5.41, 5.74) is 7.20. The van der Waals surface area contributed by atoms with Crippen molar-refractivity contribution in [3.63, 3.8) is 0 Å². The lowest BCUT2D eigenvalue weighted by molar-refractivity contribution is 0.407. The van der Waals surface area contributed by atoms with Crippen LogP contribution in [0.25, 0.3) is 10.3 Å². The molecule has 1 aromatic carbocycles. The molecule has 0 fully saturated rings. The fourth-order valence-corrected chi connectivity index (χ4v) is 2.13. The lowest BCUT2D eigenvalue weighted by atomic mass is 10.1. The summed E-state index contributed by atoms with van der Waals surface area (Å²) in [6.45, 7) is 1.86. The Morgan fingerprint density at radius 3 is 2.87 bits per heavy atom. The van der Waals surface area contributed by atoms with Gasteiger partial charge in [0, 0.05) is 17.7 Å². The number of benzene rings is 1. The zero-order valence-electron chi connectivity index (χ0n) is 8.44. The highest BCUT2D eigenvalue weighted by Crippen LogP contribution is 2.30. The second-order valence-corrected chi connectivity index (χ2v) is 4.26. The Morgan fingerprint density at radius 2 is 2.27 bits per heavy atom. The molecule has 0 spiro atoms. The van der Waals surface area contributed by atoms with Crippen molar-refractivity contribution in [1.82, 2.24) is 0 Å². The van der Waals surface area contributed by atoms with E-state index >= 15 is 0 Å². The van der Waals surface area contributed by atoms with E-state index in [0.717, 1.165) is 21.6 Å². The van der Waals surface area contributed by atoms with Gasteiger partial charge in [0.2, 0.25) is 0 Å². The highest BCUT2D eigenvalue weighted by Gasteiger charge is 2.12. The molecule has 1 aromatic heterocycles. The summed E-state index contributed by atoms with van der Waals surface area (Å²) in [7, 11) is 1.58. The second-order valence-electron chi connectivity index (χ2n) is 3.28. The van der Waals surface area contributed by atoms with Crippen LogP contribution in [0.15, 0.2) is 21.3 Å². The number of nitrogens with two attached hydrogens (primary N) is 1. The van der Waals surface area contributed by atoms with Gasteiger partial charge >= 0.3 is 4.94 Å². The van der Waals surface area contributed by atoms with Gasteiger partial charge in [-0.05, 0) is 13.0 Å². The third kappa shape index (κ3) is 1.75. The van der Waals surface area contributed by atoms with Gasteiger partial charge in [0.25, 0.3) is 0 Å². The van der Waals surface area contributed by atoms with Crippen LogP contribution in [0.3, 0.4) is 0 Å². The van der Waals surface area contributed by atoms with Gasteiger partial charge in [0.05, 0.1) is 11.8 Å². The van der Waals surface area contributed by atoms with Crippen molar-refractivity contribution < 1.29 is 9.15 Å². The third-order valence-electron chi connectivity index (χ3n) is 2.17. The SMILES string of the molecule is COc1cc2sc(=O)oc2cc1C(C)N. The van der Waals surface area contributed by atoms with Crippen molar-refractivity contribution in [2.75, 3.05) is 7.11 Å². The van der Waals surface area contributed by atoms with Crippen molar-refractivity contribution in [3.8, 4) is 5.75 Å². The molecule has 0 saturated heterocycles. The molecule has 0 aliphatic carbocycles.